The molecule has 0 amide bonds. The van der Waals surface area contributed by atoms with E-state index in [1.54, 1.807) is 0 Å². The van der Waals surface area contributed by atoms with E-state index in [2.05, 4.69) is 5.32 Å². The summed E-state index contributed by atoms with van der Waals surface area (Å²) in [5.41, 5.74) is 0.845. The van der Waals surface area contributed by atoms with E-state index in [-0.39, 0.29) is 6.10 Å². The first-order valence-electron chi connectivity index (χ1n) is 7.69. The second-order valence-electron chi connectivity index (χ2n) is 5.53. The fourth-order valence-corrected chi connectivity index (χ4v) is 3.04. The lowest BCUT2D eigenvalue weighted by Crippen LogP contribution is -2.51. The highest BCUT2D eigenvalue weighted by molar-refractivity contribution is 7.80. The van der Waals surface area contributed by atoms with Crippen LogP contribution in [0.1, 0.15) is 12.8 Å². The van der Waals surface area contributed by atoms with Crippen molar-refractivity contribution in [1.82, 2.24) is 5.32 Å². The number of thiocarbonyl (C=S) groups is 1. The lowest BCUT2D eigenvalue weighted by Gasteiger charge is -2.35. The van der Waals surface area contributed by atoms with E-state index in [1.165, 1.54) is 7.11 Å². The number of ether oxygens (including phenoxy) is 3. The maximum Gasteiger partial charge on any atom is 0.348 e. The topological polar surface area (TPSA) is 60.0 Å². The molecule has 0 bridgehead atoms. The molecular formula is C16H20N2O4S. The Morgan fingerprint density at radius 3 is 3.04 bits per heavy atom. The van der Waals surface area contributed by atoms with Crippen molar-refractivity contribution in [2.45, 2.75) is 25.0 Å². The summed E-state index contributed by atoms with van der Waals surface area (Å²) in [4.78, 5) is 13.7. The molecule has 0 saturated carbocycles. The third-order valence-corrected chi connectivity index (χ3v) is 4.35. The van der Waals surface area contributed by atoms with Crippen LogP contribution in [0, 0.1) is 0 Å². The maximum absolute atomic E-state index is 11.9. The van der Waals surface area contributed by atoms with Crippen molar-refractivity contribution >= 4 is 29.0 Å². The number of benzene rings is 1. The molecule has 3 rings (SSSR count). The summed E-state index contributed by atoms with van der Waals surface area (Å²) in [6, 6.07) is 7.51. The van der Waals surface area contributed by atoms with Crippen LogP contribution in [0.3, 0.4) is 0 Å². The molecule has 1 aromatic rings. The fourth-order valence-electron chi connectivity index (χ4n) is 2.78. The normalized spacial score (nSPS) is 22.9. The number of nitrogens with one attached hydrogen (secondary N) is 1. The Morgan fingerprint density at radius 2 is 2.30 bits per heavy atom. The van der Waals surface area contributed by atoms with Crippen LogP contribution in [0.5, 0.6) is 5.75 Å². The van der Waals surface area contributed by atoms with Gasteiger partial charge in [0.05, 0.1) is 25.4 Å². The second kappa shape index (κ2) is 7.14. The first kappa shape index (κ1) is 16.0. The first-order valence-corrected chi connectivity index (χ1v) is 8.10. The van der Waals surface area contributed by atoms with Crippen molar-refractivity contribution in [3.63, 3.8) is 0 Å². The minimum Gasteiger partial charge on any atom is -0.475 e. The molecule has 124 valence electrons. The molecule has 2 heterocycles. The molecule has 2 aliphatic heterocycles. The number of anilines is 1. The number of fused-ring (bicyclic) bond motifs is 1. The zero-order valence-electron chi connectivity index (χ0n) is 13.0. The number of carbonyl (C=O) groups is 1. The van der Waals surface area contributed by atoms with Gasteiger partial charge in [0, 0.05) is 13.2 Å². The number of rotatable bonds is 3. The van der Waals surface area contributed by atoms with Crippen LogP contribution >= 0.6 is 12.2 Å². The van der Waals surface area contributed by atoms with Crippen molar-refractivity contribution in [2.24, 2.45) is 0 Å². The molecular weight excluding hydrogens is 316 g/mol. The average molecular weight is 336 g/mol. The number of esters is 1. The van der Waals surface area contributed by atoms with Gasteiger partial charge in [-0.25, -0.2) is 4.79 Å². The Kier molecular flexibility index (Phi) is 4.97. The molecule has 2 aliphatic rings. The van der Waals surface area contributed by atoms with Gasteiger partial charge in [0.1, 0.15) is 5.75 Å². The quantitative estimate of drug-likeness (QED) is 0.663. The predicted molar refractivity (Wildman–Crippen MR) is 89.8 cm³/mol. The van der Waals surface area contributed by atoms with E-state index >= 15 is 0 Å². The minimum atomic E-state index is -0.697. The molecule has 23 heavy (non-hydrogen) atoms. The lowest BCUT2D eigenvalue weighted by atomic mass is 10.2. The van der Waals surface area contributed by atoms with Gasteiger partial charge in [-0.15, -0.1) is 0 Å². The zero-order chi connectivity index (χ0) is 16.2. The molecule has 0 aliphatic carbocycles. The van der Waals surface area contributed by atoms with Crippen LogP contribution in [-0.2, 0) is 14.3 Å². The highest BCUT2D eigenvalue weighted by Crippen LogP contribution is 2.33. The predicted octanol–water partition coefficient (Wildman–Crippen LogP) is 1.48. The van der Waals surface area contributed by atoms with E-state index in [4.69, 9.17) is 26.4 Å². The van der Waals surface area contributed by atoms with Crippen LogP contribution in [0.15, 0.2) is 24.3 Å². The first-order chi connectivity index (χ1) is 11.2. The van der Waals surface area contributed by atoms with Crippen molar-refractivity contribution < 1.29 is 19.0 Å². The van der Waals surface area contributed by atoms with Gasteiger partial charge in [0.15, 0.2) is 5.11 Å². The Labute approximate surface area is 140 Å². The molecule has 0 unspecified atom stereocenters. The van der Waals surface area contributed by atoms with Crippen molar-refractivity contribution in [1.29, 1.82) is 0 Å². The van der Waals surface area contributed by atoms with Gasteiger partial charge in [0.2, 0.25) is 6.10 Å². The Balaban J connectivity index is 1.73. The summed E-state index contributed by atoms with van der Waals surface area (Å²) in [6.07, 6.45) is 1.63. The highest BCUT2D eigenvalue weighted by Gasteiger charge is 2.33. The summed E-state index contributed by atoms with van der Waals surface area (Å²) in [7, 11) is 1.35. The molecule has 0 aromatic heterocycles. The number of nitrogens with zero attached hydrogens (tertiary/aromatic N) is 1. The molecule has 1 saturated heterocycles. The Bertz CT molecular complexity index is 589. The molecule has 1 fully saturated rings. The molecule has 7 heteroatoms. The van der Waals surface area contributed by atoms with Crippen LogP contribution in [0.25, 0.3) is 0 Å². The fraction of sp³-hybridized carbons (Fsp3) is 0.500. The molecule has 6 nitrogen and oxygen atoms in total. The standard InChI is InChI=1S/C16H20N2O4S/c1-20-15(19)14-10-18(12-6-2-3-7-13(12)22-14)16(23)17-9-11-5-4-8-21-11/h2-3,6-7,11,14H,4-5,8-10H2,1H3,(H,17,23)/t11-,14-/m1/s1. The van der Waals surface area contributed by atoms with E-state index in [9.17, 15) is 4.79 Å². The third-order valence-electron chi connectivity index (χ3n) is 3.99. The van der Waals surface area contributed by atoms with Crippen LogP contribution in [0.2, 0.25) is 0 Å². The third kappa shape index (κ3) is 3.56. The van der Waals surface area contributed by atoms with E-state index in [0.717, 1.165) is 25.1 Å². The van der Waals surface area contributed by atoms with E-state index in [0.29, 0.717) is 24.0 Å². The maximum atomic E-state index is 11.9. The average Bonchev–Trinajstić information content (AvgIpc) is 3.11. The second-order valence-corrected chi connectivity index (χ2v) is 5.92. The molecule has 0 radical (unpaired) electrons. The van der Waals surface area contributed by atoms with Gasteiger partial charge in [-0.2, -0.15) is 0 Å². The summed E-state index contributed by atoms with van der Waals surface area (Å²) >= 11 is 5.51. The SMILES string of the molecule is COC(=O)[C@H]1CN(C(=S)NC[C@H]2CCCO2)c2ccccc2O1. The summed E-state index contributed by atoms with van der Waals surface area (Å²) in [5, 5.41) is 3.80. The van der Waals surface area contributed by atoms with Gasteiger partial charge >= 0.3 is 5.97 Å². The number of para-hydroxylation sites is 2. The van der Waals surface area contributed by atoms with Crippen molar-refractivity contribution in [3.8, 4) is 5.75 Å². The molecule has 1 N–H and O–H groups in total. The molecule has 1 aromatic carbocycles. The van der Waals surface area contributed by atoms with Gasteiger partial charge in [-0.1, -0.05) is 12.1 Å². The minimum absolute atomic E-state index is 0.195. The van der Waals surface area contributed by atoms with E-state index < -0.39 is 12.1 Å². The van der Waals surface area contributed by atoms with Crippen molar-refractivity contribution in [2.75, 3.05) is 31.7 Å². The largest absolute Gasteiger partial charge is 0.475 e. The number of carbonyl (C=O) groups excluding carboxylic acids is 1. The monoisotopic (exact) mass is 336 g/mol. The summed E-state index contributed by atoms with van der Waals surface area (Å²) in [5.74, 6) is 0.210. The van der Waals surface area contributed by atoms with Crippen LogP contribution in [-0.4, -0.2) is 50.1 Å². The van der Waals surface area contributed by atoms with Crippen LogP contribution in [0.4, 0.5) is 5.69 Å². The Hall–Kier alpha value is -1.86. The number of hydrogen-bond acceptors (Lipinski definition) is 5. The number of methoxy groups -OCH3 is 1. The van der Waals surface area contributed by atoms with Gasteiger partial charge in [-0.3, -0.25) is 0 Å². The lowest BCUT2D eigenvalue weighted by molar-refractivity contribution is -0.148. The smallest absolute Gasteiger partial charge is 0.348 e. The summed E-state index contributed by atoms with van der Waals surface area (Å²) < 4.78 is 16.1. The highest BCUT2D eigenvalue weighted by atomic mass is 32.1. The zero-order valence-corrected chi connectivity index (χ0v) is 13.8. The Morgan fingerprint density at radius 1 is 1.48 bits per heavy atom. The molecule has 0 spiro atoms. The van der Waals surface area contributed by atoms with Crippen LogP contribution < -0.4 is 15.0 Å². The van der Waals surface area contributed by atoms with Gasteiger partial charge in [-0.05, 0) is 37.2 Å². The van der Waals surface area contributed by atoms with E-state index in [1.807, 2.05) is 29.2 Å². The number of hydrogen-bond donors (Lipinski definition) is 1. The van der Waals surface area contributed by atoms with Gasteiger partial charge in [0.25, 0.3) is 0 Å². The summed E-state index contributed by atoms with van der Waals surface area (Å²) in [6.45, 7) is 1.80. The van der Waals surface area contributed by atoms with Crippen molar-refractivity contribution in [3.05, 3.63) is 24.3 Å². The van der Waals surface area contributed by atoms with Gasteiger partial charge < -0.3 is 24.4 Å². The molecule has 2 atom stereocenters.